The Bertz CT molecular complexity index is 636. The van der Waals surface area contributed by atoms with Crippen LogP contribution in [0.4, 0.5) is 5.69 Å². The van der Waals surface area contributed by atoms with Gasteiger partial charge in [-0.15, -0.1) is 0 Å². The minimum absolute atomic E-state index is 0.0583. The van der Waals surface area contributed by atoms with Gasteiger partial charge >= 0.3 is 0 Å². The normalized spacial score (nSPS) is 12.4. The van der Waals surface area contributed by atoms with Crippen LogP contribution in [0.2, 0.25) is 0 Å². The fourth-order valence-corrected chi connectivity index (χ4v) is 2.00. The van der Waals surface area contributed by atoms with Crippen LogP contribution in [0.5, 0.6) is 11.5 Å². The van der Waals surface area contributed by atoms with Gasteiger partial charge in [-0.3, -0.25) is 9.48 Å². The molecule has 0 saturated carbocycles. The molecule has 1 N–H and O–H groups in total. The fourth-order valence-electron chi connectivity index (χ4n) is 2.00. The third-order valence-electron chi connectivity index (χ3n) is 2.99. The molecule has 0 saturated heterocycles. The van der Waals surface area contributed by atoms with Gasteiger partial charge in [0.05, 0.1) is 6.20 Å². The Morgan fingerprint density at radius 2 is 2.25 bits per heavy atom. The zero-order valence-electron chi connectivity index (χ0n) is 11.1. The highest BCUT2D eigenvalue weighted by Crippen LogP contribution is 2.34. The summed E-state index contributed by atoms with van der Waals surface area (Å²) in [6.07, 6.45) is 4.05. The Balaban J connectivity index is 1.56. The largest absolute Gasteiger partial charge is 0.454 e. The number of carbonyl (C=O) groups excluding carboxylic acids is 1. The van der Waals surface area contributed by atoms with E-state index in [1.165, 1.54) is 0 Å². The second kappa shape index (κ2) is 5.24. The molecule has 0 bridgehead atoms. The van der Waals surface area contributed by atoms with E-state index in [2.05, 4.69) is 10.4 Å². The zero-order valence-corrected chi connectivity index (χ0v) is 11.1. The lowest BCUT2D eigenvalue weighted by Gasteiger charge is -2.06. The average molecular weight is 273 g/mol. The Kier molecular flexibility index (Phi) is 3.28. The second-order valence-corrected chi connectivity index (χ2v) is 4.65. The summed E-state index contributed by atoms with van der Waals surface area (Å²) in [5.74, 6) is 1.30. The number of hydrogen-bond acceptors (Lipinski definition) is 4. The molecule has 1 aliphatic rings. The predicted molar refractivity (Wildman–Crippen MR) is 72.8 cm³/mol. The van der Waals surface area contributed by atoms with Gasteiger partial charge in [-0.2, -0.15) is 5.10 Å². The average Bonchev–Trinajstić information content (AvgIpc) is 3.04. The number of anilines is 1. The Hall–Kier alpha value is -2.50. The van der Waals surface area contributed by atoms with E-state index < -0.39 is 0 Å². The molecule has 0 atom stereocenters. The number of rotatable bonds is 4. The quantitative estimate of drug-likeness (QED) is 0.924. The van der Waals surface area contributed by atoms with Gasteiger partial charge in [0.15, 0.2) is 11.5 Å². The smallest absolute Gasteiger partial charge is 0.231 e. The van der Waals surface area contributed by atoms with Gasteiger partial charge < -0.3 is 14.8 Å². The molecule has 0 spiro atoms. The van der Waals surface area contributed by atoms with Crippen molar-refractivity contribution in [2.45, 2.75) is 19.9 Å². The molecule has 1 aromatic heterocycles. The van der Waals surface area contributed by atoms with Gasteiger partial charge in [0.1, 0.15) is 0 Å². The Labute approximate surface area is 116 Å². The lowest BCUT2D eigenvalue weighted by Crippen LogP contribution is -2.14. The molecular formula is C14H15N3O3. The van der Waals surface area contributed by atoms with E-state index in [0.29, 0.717) is 30.2 Å². The molecule has 1 amide bonds. The van der Waals surface area contributed by atoms with Crippen molar-refractivity contribution in [3.63, 3.8) is 0 Å². The van der Waals surface area contributed by atoms with E-state index in [9.17, 15) is 4.79 Å². The maximum atomic E-state index is 11.9. The van der Waals surface area contributed by atoms with Crippen molar-refractivity contribution in [1.82, 2.24) is 9.78 Å². The van der Waals surface area contributed by atoms with Crippen LogP contribution in [0.15, 0.2) is 30.6 Å². The number of aryl methyl sites for hydroxylation is 2. The molecule has 2 aromatic rings. The van der Waals surface area contributed by atoms with E-state index in [-0.39, 0.29) is 12.7 Å². The number of fused-ring (bicyclic) bond motifs is 1. The van der Waals surface area contributed by atoms with Crippen molar-refractivity contribution in [2.75, 3.05) is 12.1 Å². The van der Waals surface area contributed by atoms with E-state index in [1.807, 2.05) is 13.1 Å². The van der Waals surface area contributed by atoms with Gasteiger partial charge in [0.25, 0.3) is 0 Å². The summed E-state index contributed by atoms with van der Waals surface area (Å²) in [5, 5.41) is 6.98. The molecule has 0 aliphatic carbocycles. The SMILES string of the molecule is Cc1cnn(CCC(=O)Nc2ccc3c(c2)OCO3)c1. The first-order chi connectivity index (χ1) is 9.70. The molecule has 2 heterocycles. The van der Waals surface area contributed by atoms with Crippen molar-refractivity contribution < 1.29 is 14.3 Å². The molecular weight excluding hydrogens is 258 g/mol. The van der Waals surface area contributed by atoms with Gasteiger partial charge in [0, 0.05) is 30.9 Å². The minimum atomic E-state index is -0.0583. The van der Waals surface area contributed by atoms with Crippen LogP contribution in [-0.2, 0) is 11.3 Å². The van der Waals surface area contributed by atoms with Crippen LogP contribution in [-0.4, -0.2) is 22.5 Å². The van der Waals surface area contributed by atoms with E-state index in [0.717, 1.165) is 5.56 Å². The van der Waals surface area contributed by atoms with Crippen LogP contribution >= 0.6 is 0 Å². The lowest BCUT2D eigenvalue weighted by atomic mass is 10.2. The Morgan fingerprint density at radius 1 is 1.40 bits per heavy atom. The van der Waals surface area contributed by atoms with Crippen molar-refractivity contribution >= 4 is 11.6 Å². The number of hydrogen-bond donors (Lipinski definition) is 1. The number of ether oxygens (including phenoxy) is 2. The van der Waals surface area contributed by atoms with Gasteiger partial charge in [-0.05, 0) is 24.6 Å². The van der Waals surface area contributed by atoms with Crippen molar-refractivity contribution in [3.05, 3.63) is 36.2 Å². The van der Waals surface area contributed by atoms with Crippen molar-refractivity contribution in [1.29, 1.82) is 0 Å². The number of benzene rings is 1. The summed E-state index contributed by atoms with van der Waals surface area (Å²) in [7, 11) is 0. The molecule has 1 aromatic carbocycles. The molecule has 20 heavy (non-hydrogen) atoms. The predicted octanol–water partition coefficient (Wildman–Crippen LogP) is 1.95. The zero-order chi connectivity index (χ0) is 13.9. The van der Waals surface area contributed by atoms with Gasteiger partial charge in [-0.25, -0.2) is 0 Å². The maximum Gasteiger partial charge on any atom is 0.231 e. The topological polar surface area (TPSA) is 65.4 Å². The molecule has 104 valence electrons. The number of aromatic nitrogens is 2. The number of nitrogens with one attached hydrogen (secondary N) is 1. The first kappa shape index (κ1) is 12.5. The van der Waals surface area contributed by atoms with Crippen LogP contribution in [0.1, 0.15) is 12.0 Å². The van der Waals surface area contributed by atoms with Crippen molar-refractivity contribution in [2.24, 2.45) is 0 Å². The standard InChI is InChI=1S/C14H15N3O3/c1-10-7-15-17(8-10)5-4-14(18)16-11-2-3-12-13(6-11)20-9-19-12/h2-3,6-8H,4-5,9H2,1H3,(H,16,18). The van der Waals surface area contributed by atoms with Crippen LogP contribution < -0.4 is 14.8 Å². The van der Waals surface area contributed by atoms with Gasteiger partial charge in [-0.1, -0.05) is 0 Å². The molecule has 0 radical (unpaired) electrons. The second-order valence-electron chi connectivity index (χ2n) is 4.65. The molecule has 3 rings (SSSR count). The minimum Gasteiger partial charge on any atom is -0.454 e. The van der Waals surface area contributed by atoms with Crippen LogP contribution in [0.3, 0.4) is 0 Å². The highest BCUT2D eigenvalue weighted by Gasteiger charge is 2.14. The molecule has 0 unspecified atom stereocenters. The molecule has 0 fully saturated rings. The first-order valence-electron chi connectivity index (χ1n) is 6.39. The first-order valence-corrected chi connectivity index (χ1v) is 6.39. The Morgan fingerprint density at radius 3 is 3.05 bits per heavy atom. The third-order valence-corrected chi connectivity index (χ3v) is 2.99. The third kappa shape index (κ3) is 2.74. The van der Waals surface area contributed by atoms with Crippen molar-refractivity contribution in [3.8, 4) is 11.5 Å². The van der Waals surface area contributed by atoms with E-state index in [1.54, 1.807) is 29.1 Å². The maximum absolute atomic E-state index is 11.9. The summed E-state index contributed by atoms with van der Waals surface area (Å²) in [6, 6.07) is 5.34. The highest BCUT2D eigenvalue weighted by atomic mass is 16.7. The highest BCUT2D eigenvalue weighted by molar-refractivity contribution is 5.91. The summed E-state index contributed by atoms with van der Waals surface area (Å²) in [4.78, 5) is 11.9. The summed E-state index contributed by atoms with van der Waals surface area (Å²) in [6.45, 7) is 2.76. The van der Waals surface area contributed by atoms with Crippen LogP contribution in [0, 0.1) is 6.92 Å². The molecule has 1 aliphatic heterocycles. The number of nitrogens with zero attached hydrogens (tertiary/aromatic N) is 2. The molecule has 6 heteroatoms. The number of amides is 1. The molecule has 6 nitrogen and oxygen atoms in total. The summed E-state index contributed by atoms with van der Waals surface area (Å²) < 4.78 is 12.2. The lowest BCUT2D eigenvalue weighted by molar-refractivity contribution is -0.116. The van der Waals surface area contributed by atoms with Gasteiger partial charge in [0.2, 0.25) is 12.7 Å². The van der Waals surface area contributed by atoms with Crippen LogP contribution in [0.25, 0.3) is 0 Å². The summed E-state index contributed by atoms with van der Waals surface area (Å²) >= 11 is 0. The van der Waals surface area contributed by atoms with E-state index in [4.69, 9.17) is 9.47 Å². The fraction of sp³-hybridized carbons (Fsp3) is 0.286. The number of carbonyl (C=O) groups is 1. The monoisotopic (exact) mass is 273 g/mol. The summed E-state index contributed by atoms with van der Waals surface area (Å²) in [5.41, 5.74) is 1.79. The van der Waals surface area contributed by atoms with E-state index >= 15 is 0 Å².